The van der Waals surface area contributed by atoms with Crippen molar-refractivity contribution in [2.45, 2.75) is 53.6 Å². The molecule has 0 atom stereocenters. The fourth-order valence-electron chi connectivity index (χ4n) is 3.30. The number of aryl methyl sites for hydroxylation is 1. The highest BCUT2D eigenvalue weighted by atomic mass is 16.5. The van der Waals surface area contributed by atoms with Crippen LogP contribution < -0.4 is 0 Å². The Morgan fingerprint density at radius 1 is 1.42 bits per heavy atom. The number of aromatic nitrogens is 3. The number of nitrogens with zero attached hydrogens (tertiary/aromatic N) is 4. The summed E-state index contributed by atoms with van der Waals surface area (Å²) in [6.07, 6.45) is 3.06. The summed E-state index contributed by atoms with van der Waals surface area (Å²) in [6, 6.07) is 0. The molecule has 3 rings (SSSR count). The molecule has 0 saturated carbocycles. The van der Waals surface area contributed by atoms with E-state index in [1.807, 2.05) is 23.4 Å². The van der Waals surface area contributed by atoms with Crippen molar-refractivity contribution in [2.24, 2.45) is 5.92 Å². The summed E-state index contributed by atoms with van der Waals surface area (Å²) >= 11 is 0. The molecule has 1 amide bonds. The molecule has 2 aromatic heterocycles. The molecule has 0 unspecified atom stereocenters. The first-order chi connectivity index (χ1) is 12.5. The van der Waals surface area contributed by atoms with Gasteiger partial charge in [-0.1, -0.05) is 13.8 Å². The first-order valence-electron chi connectivity index (χ1n) is 9.36. The Balaban J connectivity index is 1.89. The summed E-state index contributed by atoms with van der Waals surface area (Å²) in [7, 11) is 0. The van der Waals surface area contributed by atoms with Gasteiger partial charge >= 0.3 is 0 Å². The van der Waals surface area contributed by atoms with Gasteiger partial charge in [-0.05, 0) is 19.8 Å². The molecule has 0 fully saturated rings. The van der Waals surface area contributed by atoms with Crippen molar-refractivity contribution >= 4 is 5.91 Å². The zero-order valence-corrected chi connectivity index (χ0v) is 16.1. The van der Waals surface area contributed by atoms with Crippen LogP contribution in [-0.4, -0.2) is 45.3 Å². The SMILES string of the molecule is CCOCCn1nc(-c2ncc(C)o2)c2c1CCN(C(=O)CC(C)C)C2. The first kappa shape index (κ1) is 18.6. The van der Waals surface area contributed by atoms with Gasteiger partial charge in [0.05, 0.1) is 19.3 Å². The topological polar surface area (TPSA) is 73.4 Å². The lowest BCUT2D eigenvalue weighted by Crippen LogP contribution is -2.37. The number of carbonyl (C=O) groups is 1. The molecular weight excluding hydrogens is 332 g/mol. The Morgan fingerprint density at radius 2 is 2.23 bits per heavy atom. The largest absolute Gasteiger partial charge is 0.440 e. The van der Waals surface area contributed by atoms with Gasteiger partial charge in [0, 0.05) is 43.8 Å². The molecule has 0 spiro atoms. The Labute approximate surface area is 154 Å². The van der Waals surface area contributed by atoms with Gasteiger partial charge in [0.2, 0.25) is 11.8 Å². The van der Waals surface area contributed by atoms with E-state index in [-0.39, 0.29) is 5.91 Å². The van der Waals surface area contributed by atoms with E-state index in [0.29, 0.717) is 44.5 Å². The third-order valence-corrected chi connectivity index (χ3v) is 4.54. The Kier molecular flexibility index (Phi) is 5.76. The van der Waals surface area contributed by atoms with Gasteiger partial charge in [0.15, 0.2) is 5.69 Å². The minimum atomic E-state index is 0.197. The number of amides is 1. The molecule has 0 aliphatic carbocycles. The molecule has 0 aromatic carbocycles. The highest BCUT2D eigenvalue weighted by Crippen LogP contribution is 2.30. The lowest BCUT2D eigenvalue weighted by molar-refractivity contribution is -0.132. The van der Waals surface area contributed by atoms with Crippen molar-refractivity contribution in [3.63, 3.8) is 0 Å². The van der Waals surface area contributed by atoms with Gasteiger partial charge in [0.25, 0.3) is 0 Å². The second kappa shape index (κ2) is 8.03. The standard InChI is InChI=1S/C19H28N4O3/c1-5-25-9-8-23-16-6-7-22(17(24)10-13(2)3)12-15(16)18(21-23)19-20-11-14(4)26-19/h11,13H,5-10,12H2,1-4H3. The number of carbonyl (C=O) groups excluding carboxylic acids is 1. The smallest absolute Gasteiger partial charge is 0.247 e. The van der Waals surface area contributed by atoms with E-state index in [9.17, 15) is 4.79 Å². The van der Waals surface area contributed by atoms with E-state index in [2.05, 4.69) is 18.8 Å². The molecule has 26 heavy (non-hydrogen) atoms. The van der Waals surface area contributed by atoms with Crippen LogP contribution in [0.4, 0.5) is 0 Å². The summed E-state index contributed by atoms with van der Waals surface area (Å²) in [5, 5.41) is 4.74. The maximum atomic E-state index is 12.5. The molecule has 0 saturated heterocycles. The maximum absolute atomic E-state index is 12.5. The van der Waals surface area contributed by atoms with E-state index in [0.717, 1.165) is 35.7 Å². The van der Waals surface area contributed by atoms with E-state index < -0.39 is 0 Å². The minimum Gasteiger partial charge on any atom is -0.440 e. The number of fused-ring (bicyclic) bond motifs is 1. The number of hydrogen-bond acceptors (Lipinski definition) is 5. The summed E-state index contributed by atoms with van der Waals surface area (Å²) in [6.45, 7) is 11.3. The second-order valence-electron chi connectivity index (χ2n) is 7.13. The van der Waals surface area contributed by atoms with Crippen LogP contribution in [0.3, 0.4) is 0 Å². The Hall–Kier alpha value is -2.15. The fraction of sp³-hybridized carbons (Fsp3) is 0.632. The summed E-state index contributed by atoms with van der Waals surface area (Å²) < 4.78 is 13.2. The van der Waals surface area contributed by atoms with Crippen LogP contribution in [0.15, 0.2) is 10.6 Å². The molecule has 7 nitrogen and oxygen atoms in total. The van der Waals surface area contributed by atoms with E-state index >= 15 is 0 Å². The van der Waals surface area contributed by atoms with Crippen LogP contribution >= 0.6 is 0 Å². The summed E-state index contributed by atoms with van der Waals surface area (Å²) in [4.78, 5) is 18.8. The highest BCUT2D eigenvalue weighted by Gasteiger charge is 2.29. The minimum absolute atomic E-state index is 0.197. The molecule has 0 radical (unpaired) electrons. The van der Waals surface area contributed by atoms with E-state index in [1.54, 1.807) is 6.20 Å². The predicted octanol–water partition coefficient (Wildman–Crippen LogP) is 2.81. The molecule has 3 heterocycles. The van der Waals surface area contributed by atoms with Crippen LogP contribution in [0, 0.1) is 12.8 Å². The van der Waals surface area contributed by atoms with Crippen LogP contribution in [0.1, 0.15) is 44.2 Å². The van der Waals surface area contributed by atoms with Gasteiger partial charge in [-0.15, -0.1) is 0 Å². The van der Waals surface area contributed by atoms with E-state index in [1.165, 1.54) is 0 Å². The van der Waals surface area contributed by atoms with Crippen LogP contribution in [0.5, 0.6) is 0 Å². The zero-order valence-electron chi connectivity index (χ0n) is 16.1. The van der Waals surface area contributed by atoms with Gasteiger partial charge in [-0.2, -0.15) is 5.10 Å². The predicted molar refractivity (Wildman–Crippen MR) is 97.5 cm³/mol. The molecule has 2 aromatic rings. The van der Waals surface area contributed by atoms with Crippen molar-refractivity contribution in [1.29, 1.82) is 0 Å². The molecule has 0 bridgehead atoms. The Morgan fingerprint density at radius 3 is 2.88 bits per heavy atom. The Bertz CT molecular complexity index is 763. The normalized spacial score (nSPS) is 14.1. The van der Waals surface area contributed by atoms with Crippen LogP contribution in [0.2, 0.25) is 0 Å². The van der Waals surface area contributed by atoms with Gasteiger partial charge in [0.1, 0.15) is 5.76 Å². The molecule has 142 valence electrons. The number of oxazole rings is 1. The van der Waals surface area contributed by atoms with Crippen molar-refractivity contribution in [3.05, 3.63) is 23.2 Å². The average Bonchev–Trinajstić information content (AvgIpc) is 3.18. The zero-order chi connectivity index (χ0) is 18.7. The highest BCUT2D eigenvalue weighted by molar-refractivity contribution is 5.77. The van der Waals surface area contributed by atoms with Gasteiger partial charge in [-0.3, -0.25) is 9.48 Å². The van der Waals surface area contributed by atoms with Crippen LogP contribution in [0.25, 0.3) is 11.6 Å². The lowest BCUT2D eigenvalue weighted by Gasteiger charge is -2.28. The monoisotopic (exact) mass is 360 g/mol. The molecular formula is C19H28N4O3. The van der Waals surface area contributed by atoms with Crippen molar-refractivity contribution in [3.8, 4) is 11.6 Å². The summed E-state index contributed by atoms with van der Waals surface area (Å²) in [5.41, 5.74) is 2.95. The van der Waals surface area contributed by atoms with Crippen molar-refractivity contribution < 1.29 is 13.9 Å². The number of ether oxygens (including phenoxy) is 1. The van der Waals surface area contributed by atoms with E-state index in [4.69, 9.17) is 14.3 Å². The van der Waals surface area contributed by atoms with Gasteiger partial charge < -0.3 is 14.1 Å². The fourth-order valence-corrected chi connectivity index (χ4v) is 3.30. The number of rotatable bonds is 7. The van der Waals surface area contributed by atoms with Crippen LogP contribution in [-0.2, 0) is 29.0 Å². The van der Waals surface area contributed by atoms with Crippen molar-refractivity contribution in [2.75, 3.05) is 19.8 Å². The molecule has 1 aliphatic heterocycles. The average molecular weight is 360 g/mol. The second-order valence-corrected chi connectivity index (χ2v) is 7.13. The molecule has 0 N–H and O–H groups in total. The number of hydrogen-bond donors (Lipinski definition) is 0. The first-order valence-corrected chi connectivity index (χ1v) is 9.36. The lowest BCUT2D eigenvalue weighted by atomic mass is 10.0. The third kappa shape index (κ3) is 3.98. The quantitative estimate of drug-likeness (QED) is 0.710. The maximum Gasteiger partial charge on any atom is 0.247 e. The molecule has 1 aliphatic rings. The molecule has 7 heteroatoms. The summed E-state index contributed by atoms with van der Waals surface area (Å²) in [5.74, 6) is 1.82. The third-order valence-electron chi connectivity index (χ3n) is 4.54. The van der Waals surface area contributed by atoms with Gasteiger partial charge in [-0.25, -0.2) is 4.98 Å². The van der Waals surface area contributed by atoms with Crippen molar-refractivity contribution in [1.82, 2.24) is 19.7 Å².